The lowest BCUT2D eigenvalue weighted by atomic mass is 10.0. The van der Waals surface area contributed by atoms with Gasteiger partial charge in [-0.15, -0.1) is 0 Å². The largest absolute Gasteiger partial charge is 0.497 e. The highest BCUT2D eigenvalue weighted by atomic mass is 19.4. The molecule has 0 saturated carbocycles. The van der Waals surface area contributed by atoms with Gasteiger partial charge < -0.3 is 23.9 Å². The van der Waals surface area contributed by atoms with Gasteiger partial charge in [0.25, 0.3) is 11.7 Å². The smallest absolute Gasteiger partial charge is 0.453 e. The quantitative estimate of drug-likeness (QED) is 0.273. The summed E-state index contributed by atoms with van der Waals surface area (Å²) in [4.78, 5) is 25.3. The highest BCUT2D eigenvalue weighted by Crippen LogP contribution is 2.40. The van der Waals surface area contributed by atoms with Crippen LogP contribution in [0.2, 0.25) is 0 Å². The van der Waals surface area contributed by atoms with E-state index in [1.54, 1.807) is 42.5 Å². The topological polar surface area (TPSA) is 87.0 Å². The third kappa shape index (κ3) is 5.91. The van der Waals surface area contributed by atoms with Gasteiger partial charge in [0.2, 0.25) is 11.2 Å². The van der Waals surface area contributed by atoms with Crippen molar-refractivity contribution in [1.29, 1.82) is 0 Å². The Morgan fingerprint density at radius 1 is 1.00 bits per heavy atom. The summed E-state index contributed by atoms with van der Waals surface area (Å²) in [5, 5.41) is 2.49. The summed E-state index contributed by atoms with van der Waals surface area (Å²) < 4.78 is 62.9. The number of ether oxygens (including phenoxy) is 3. The van der Waals surface area contributed by atoms with Crippen LogP contribution in [0.25, 0.3) is 11.0 Å². The molecule has 1 aromatic heterocycles. The molecule has 38 heavy (non-hydrogen) atoms. The van der Waals surface area contributed by atoms with Gasteiger partial charge in [0.15, 0.2) is 6.61 Å². The van der Waals surface area contributed by atoms with Crippen molar-refractivity contribution in [3.8, 4) is 23.0 Å². The molecule has 0 fully saturated rings. The fraction of sp³-hybridized carbons (Fsp3) is 0.214. The van der Waals surface area contributed by atoms with Crippen LogP contribution >= 0.6 is 0 Å². The Morgan fingerprint density at radius 3 is 2.34 bits per heavy atom. The number of halogens is 3. The zero-order chi connectivity index (χ0) is 27.4. The number of anilines is 1. The fourth-order valence-corrected chi connectivity index (χ4v) is 3.71. The molecule has 1 heterocycles. The van der Waals surface area contributed by atoms with Crippen LogP contribution < -0.4 is 25.0 Å². The van der Waals surface area contributed by atoms with Crippen LogP contribution in [0.3, 0.4) is 0 Å². The third-order valence-electron chi connectivity index (χ3n) is 5.58. The number of amides is 1. The van der Waals surface area contributed by atoms with Crippen molar-refractivity contribution in [2.45, 2.75) is 25.9 Å². The van der Waals surface area contributed by atoms with Gasteiger partial charge in [-0.3, -0.25) is 9.59 Å². The number of hydrogen-bond acceptors (Lipinski definition) is 6. The van der Waals surface area contributed by atoms with E-state index in [-0.39, 0.29) is 28.4 Å². The van der Waals surface area contributed by atoms with E-state index in [1.165, 1.54) is 25.3 Å². The summed E-state index contributed by atoms with van der Waals surface area (Å²) >= 11 is 0. The van der Waals surface area contributed by atoms with Crippen LogP contribution in [0.1, 0.15) is 31.1 Å². The number of nitrogens with one attached hydrogen (secondary N) is 1. The predicted octanol–water partition coefficient (Wildman–Crippen LogP) is 6.75. The third-order valence-corrected chi connectivity index (χ3v) is 5.58. The number of fused-ring (bicyclic) bond motifs is 1. The molecule has 0 bridgehead atoms. The highest BCUT2D eigenvalue weighted by molar-refractivity contribution is 5.92. The van der Waals surface area contributed by atoms with E-state index < -0.39 is 35.6 Å². The molecule has 0 aliphatic carbocycles. The van der Waals surface area contributed by atoms with Gasteiger partial charge in [-0.1, -0.05) is 32.0 Å². The minimum absolute atomic E-state index is 0.0393. The van der Waals surface area contributed by atoms with E-state index in [2.05, 4.69) is 5.32 Å². The van der Waals surface area contributed by atoms with Gasteiger partial charge in [0, 0.05) is 11.8 Å². The van der Waals surface area contributed by atoms with E-state index >= 15 is 0 Å². The normalized spacial score (nSPS) is 11.4. The number of benzene rings is 3. The number of para-hydroxylation sites is 1. The first kappa shape index (κ1) is 26.6. The molecule has 0 saturated heterocycles. The molecule has 0 radical (unpaired) electrons. The maximum atomic E-state index is 13.9. The van der Waals surface area contributed by atoms with Crippen molar-refractivity contribution in [3.05, 3.63) is 88.3 Å². The number of alkyl halides is 3. The molecule has 1 amide bonds. The van der Waals surface area contributed by atoms with Crippen molar-refractivity contribution in [1.82, 2.24) is 0 Å². The second-order valence-corrected chi connectivity index (χ2v) is 8.61. The number of hydrogen-bond donors (Lipinski definition) is 1. The maximum Gasteiger partial charge on any atom is 0.453 e. The molecular weight excluding hydrogens is 503 g/mol. The molecule has 0 unspecified atom stereocenters. The number of methoxy groups -OCH3 is 1. The molecule has 3 aromatic carbocycles. The Bertz CT molecular complexity index is 1510. The Labute approximate surface area is 215 Å². The summed E-state index contributed by atoms with van der Waals surface area (Å²) in [7, 11) is 1.52. The number of carbonyl (C=O) groups excluding carboxylic acids is 1. The first-order chi connectivity index (χ1) is 18.1. The van der Waals surface area contributed by atoms with Gasteiger partial charge in [0.1, 0.15) is 22.8 Å². The monoisotopic (exact) mass is 527 g/mol. The minimum Gasteiger partial charge on any atom is -0.497 e. The molecule has 7 nitrogen and oxygen atoms in total. The molecule has 0 aliphatic heterocycles. The summed E-state index contributed by atoms with van der Waals surface area (Å²) in [6, 6.07) is 16.9. The average molecular weight is 527 g/mol. The molecule has 198 valence electrons. The zero-order valence-electron chi connectivity index (χ0n) is 20.7. The van der Waals surface area contributed by atoms with Gasteiger partial charge in [0.05, 0.1) is 12.5 Å². The van der Waals surface area contributed by atoms with E-state index in [1.807, 2.05) is 13.8 Å². The SMILES string of the molecule is COc1ccc(NC(=O)COc2ccc3c(=O)c(Oc4ccccc4C(C)C)c(C(F)(F)F)oc3c2)cc1. The lowest BCUT2D eigenvalue weighted by Gasteiger charge is -2.16. The van der Waals surface area contributed by atoms with Crippen molar-refractivity contribution in [3.63, 3.8) is 0 Å². The summed E-state index contributed by atoms with van der Waals surface area (Å²) in [5.74, 6) is -2.30. The van der Waals surface area contributed by atoms with Crippen molar-refractivity contribution < 1.29 is 36.6 Å². The molecular formula is C28H24F3NO6. The molecule has 0 aliphatic rings. The standard InChI is InChI=1S/C28H24F3NO6/c1-16(2)20-6-4-5-7-22(20)37-26-25(34)21-13-12-19(14-23(21)38-27(26)28(29,30)31)36-15-24(33)32-17-8-10-18(35-3)11-9-17/h4-14,16H,15H2,1-3H3,(H,32,33). The van der Waals surface area contributed by atoms with Crippen LogP contribution in [0.4, 0.5) is 18.9 Å². The van der Waals surface area contributed by atoms with Crippen LogP contribution in [0, 0.1) is 0 Å². The minimum atomic E-state index is -5.01. The van der Waals surface area contributed by atoms with E-state index in [0.717, 1.165) is 6.07 Å². The second kappa shape index (κ2) is 10.9. The lowest BCUT2D eigenvalue weighted by molar-refractivity contribution is -0.154. The van der Waals surface area contributed by atoms with E-state index in [4.69, 9.17) is 18.6 Å². The molecule has 0 spiro atoms. The Morgan fingerprint density at radius 2 is 1.68 bits per heavy atom. The molecule has 1 N–H and O–H groups in total. The molecule has 4 rings (SSSR count). The van der Waals surface area contributed by atoms with Crippen molar-refractivity contribution in [2.75, 3.05) is 19.0 Å². The molecule has 10 heteroatoms. The van der Waals surface area contributed by atoms with Gasteiger partial charge in [-0.05, 0) is 53.9 Å². The fourth-order valence-electron chi connectivity index (χ4n) is 3.71. The maximum absolute atomic E-state index is 13.9. The summed E-state index contributed by atoms with van der Waals surface area (Å²) in [5.41, 5.74) is -0.206. The van der Waals surface area contributed by atoms with E-state index in [0.29, 0.717) is 17.0 Å². The average Bonchev–Trinajstić information content (AvgIpc) is 2.89. The molecule has 4 aromatic rings. The second-order valence-electron chi connectivity index (χ2n) is 8.61. The highest BCUT2D eigenvalue weighted by Gasteiger charge is 2.40. The Balaban J connectivity index is 1.60. The Hall–Kier alpha value is -4.47. The predicted molar refractivity (Wildman–Crippen MR) is 135 cm³/mol. The number of rotatable bonds is 8. The van der Waals surface area contributed by atoms with Crippen LogP contribution in [-0.2, 0) is 11.0 Å². The van der Waals surface area contributed by atoms with Gasteiger partial charge in [-0.2, -0.15) is 13.2 Å². The van der Waals surface area contributed by atoms with Gasteiger partial charge in [-0.25, -0.2) is 0 Å². The lowest BCUT2D eigenvalue weighted by Crippen LogP contribution is -2.20. The molecule has 0 atom stereocenters. The van der Waals surface area contributed by atoms with Crippen molar-refractivity contribution >= 4 is 22.6 Å². The number of carbonyl (C=O) groups is 1. The summed E-state index contributed by atoms with van der Waals surface area (Å²) in [6.45, 7) is 3.28. The first-order valence-corrected chi connectivity index (χ1v) is 11.6. The summed E-state index contributed by atoms with van der Waals surface area (Å²) in [6.07, 6.45) is -5.01. The first-order valence-electron chi connectivity index (χ1n) is 11.6. The van der Waals surface area contributed by atoms with Crippen molar-refractivity contribution in [2.24, 2.45) is 0 Å². The van der Waals surface area contributed by atoms with Crippen LogP contribution in [0.15, 0.2) is 75.9 Å². The zero-order valence-corrected chi connectivity index (χ0v) is 20.7. The van der Waals surface area contributed by atoms with Crippen LogP contribution in [-0.4, -0.2) is 19.6 Å². The van der Waals surface area contributed by atoms with Gasteiger partial charge >= 0.3 is 6.18 Å². The van der Waals surface area contributed by atoms with Crippen LogP contribution in [0.5, 0.6) is 23.0 Å². The Kier molecular flexibility index (Phi) is 7.61. The van der Waals surface area contributed by atoms with E-state index in [9.17, 15) is 22.8 Å².